The molecule has 0 radical (unpaired) electrons. The summed E-state index contributed by atoms with van der Waals surface area (Å²) in [5.74, 6) is -1.47. The molecule has 53 heavy (non-hydrogen) atoms. The van der Waals surface area contributed by atoms with Crippen LogP contribution in [0, 0.1) is 11.7 Å². The molecule has 2 saturated heterocycles. The van der Waals surface area contributed by atoms with E-state index in [2.05, 4.69) is 15.3 Å². The van der Waals surface area contributed by atoms with Crippen molar-refractivity contribution >= 4 is 39.3 Å². The minimum atomic E-state index is -4.11. The monoisotopic (exact) mass is 768 g/mol. The van der Waals surface area contributed by atoms with Crippen LogP contribution >= 0.6 is 11.6 Å². The fourth-order valence-electron chi connectivity index (χ4n) is 7.23. The van der Waals surface area contributed by atoms with E-state index in [9.17, 15) is 27.9 Å². The second-order valence-electron chi connectivity index (χ2n) is 14.5. The molecule has 0 saturated carbocycles. The minimum absolute atomic E-state index is 0.0108. The van der Waals surface area contributed by atoms with E-state index in [0.29, 0.717) is 43.2 Å². The van der Waals surface area contributed by atoms with Gasteiger partial charge in [-0.2, -0.15) is 4.31 Å². The van der Waals surface area contributed by atoms with Crippen LogP contribution in [-0.4, -0.2) is 79.7 Å². The topological polar surface area (TPSA) is 154 Å². The second-order valence-corrected chi connectivity index (χ2v) is 16.8. The van der Waals surface area contributed by atoms with Gasteiger partial charge < -0.3 is 19.7 Å². The normalized spacial score (nSPS) is 19.8. The number of amides is 2. The average Bonchev–Trinajstić information content (AvgIpc) is 3.11. The summed E-state index contributed by atoms with van der Waals surface area (Å²) in [4.78, 5) is 31.9. The van der Waals surface area contributed by atoms with Gasteiger partial charge in [0, 0.05) is 59.9 Å². The number of nitrogens with one attached hydrogen (secondary N) is 1. The maximum Gasteiger partial charge on any atom is 0.410 e. The van der Waals surface area contributed by atoms with E-state index in [1.54, 1.807) is 52.0 Å². The van der Waals surface area contributed by atoms with Gasteiger partial charge in [0.15, 0.2) is 0 Å². The third kappa shape index (κ3) is 10.1. The molecular weight excluding hydrogens is 723 g/mol. The van der Waals surface area contributed by atoms with Crippen molar-refractivity contribution in [3.05, 3.63) is 105 Å². The first-order valence-corrected chi connectivity index (χ1v) is 19.5. The Morgan fingerprint density at radius 3 is 2.36 bits per heavy atom. The van der Waals surface area contributed by atoms with E-state index >= 15 is 0 Å². The molecule has 1 N–H and O–H groups in total. The van der Waals surface area contributed by atoms with Gasteiger partial charge in [0.1, 0.15) is 17.5 Å². The summed E-state index contributed by atoms with van der Waals surface area (Å²) >= 11 is 6.19. The minimum Gasteiger partial charge on any atom is -0.444 e. The van der Waals surface area contributed by atoms with Crippen molar-refractivity contribution in [2.24, 2.45) is 11.0 Å². The number of para-hydroxylation sites is 1. The van der Waals surface area contributed by atoms with Gasteiger partial charge in [-0.15, -0.1) is 0 Å². The molecule has 2 heterocycles. The molecule has 0 unspecified atom stereocenters. The molecule has 2 aliphatic rings. The molecule has 284 valence electrons. The number of nitrogens with zero attached hydrogens (tertiary/aromatic N) is 5. The molecule has 2 fully saturated rings. The number of carbonyl (C=O) groups excluding carboxylic acids is 2. The lowest BCUT2D eigenvalue weighted by Crippen LogP contribution is -2.61. The summed E-state index contributed by atoms with van der Waals surface area (Å²) in [5.41, 5.74) is 10.9. The highest BCUT2D eigenvalue weighted by Crippen LogP contribution is 2.38. The maximum atomic E-state index is 14.1. The van der Waals surface area contributed by atoms with Gasteiger partial charge in [0.2, 0.25) is 15.9 Å². The molecular formula is C38H46ClFN6O6S. The van der Waals surface area contributed by atoms with Crippen LogP contribution in [0.3, 0.4) is 0 Å². The molecule has 2 amide bonds. The first kappa shape index (κ1) is 40.0. The predicted octanol–water partition coefficient (Wildman–Crippen LogP) is 7.94. The van der Waals surface area contributed by atoms with Crippen molar-refractivity contribution in [3.63, 3.8) is 0 Å². The summed E-state index contributed by atoms with van der Waals surface area (Å²) in [7, 11) is -4.11. The summed E-state index contributed by atoms with van der Waals surface area (Å²) < 4.78 is 54.6. The van der Waals surface area contributed by atoms with Crippen LogP contribution < -0.4 is 5.32 Å². The first-order valence-electron chi connectivity index (χ1n) is 17.7. The van der Waals surface area contributed by atoms with Gasteiger partial charge >= 0.3 is 6.09 Å². The summed E-state index contributed by atoms with van der Waals surface area (Å²) in [6, 6.07) is 16.6. The van der Waals surface area contributed by atoms with Gasteiger partial charge in [0.05, 0.1) is 4.90 Å². The fourth-order valence-corrected chi connectivity index (χ4v) is 9.18. The summed E-state index contributed by atoms with van der Waals surface area (Å²) in [5, 5.41) is 7.57. The van der Waals surface area contributed by atoms with E-state index in [0.717, 1.165) is 23.3 Å². The molecule has 15 heteroatoms. The second kappa shape index (κ2) is 17.3. The number of piperazine rings is 1. The van der Waals surface area contributed by atoms with Crippen molar-refractivity contribution in [2.75, 3.05) is 31.6 Å². The highest BCUT2D eigenvalue weighted by Gasteiger charge is 2.43. The van der Waals surface area contributed by atoms with E-state index in [1.165, 1.54) is 21.3 Å². The standard InChI is InChI=1S/C38H46ClFN6O6S/c1-25-23-45(37(48)52-38(2,3)4)24-31(46(25)53(49,50)32-17-14-30(40)15-18-32)16-11-26-7-5-6-8-33(26)42-36(47)35(43-44-41)34(28-19-21-51-22-20-28)27-9-12-29(39)13-10-27/h5-10,12-15,17-18,25,28,31,34-35H,11,16,19-24H2,1-4H3,(H,42,47)/t25-,31+,34+,35+/m1/s1. The molecule has 3 aromatic rings. The van der Waals surface area contributed by atoms with Crippen molar-refractivity contribution in [1.29, 1.82) is 0 Å². The largest absolute Gasteiger partial charge is 0.444 e. The summed E-state index contributed by atoms with van der Waals surface area (Å²) in [6.45, 7) is 8.23. The van der Waals surface area contributed by atoms with Gasteiger partial charge in [-0.25, -0.2) is 17.6 Å². The van der Waals surface area contributed by atoms with Crippen molar-refractivity contribution < 1.29 is 31.9 Å². The molecule has 0 aromatic heterocycles. The van der Waals surface area contributed by atoms with Crippen molar-refractivity contribution in [2.45, 2.75) is 87.9 Å². The van der Waals surface area contributed by atoms with E-state index in [-0.39, 0.29) is 30.3 Å². The molecule has 0 spiro atoms. The number of sulfonamides is 1. The number of rotatable bonds is 11. The van der Waals surface area contributed by atoms with Gasteiger partial charge in [-0.3, -0.25) is 4.79 Å². The lowest BCUT2D eigenvalue weighted by Gasteiger charge is -2.44. The van der Waals surface area contributed by atoms with E-state index in [1.807, 2.05) is 24.3 Å². The van der Waals surface area contributed by atoms with Gasteiger partial charge in [0.25, 0.3) is 0 Å². The molecule has 5 rings (SSSR count). The lowest BCUT2D eigenvalue weighted by atomic mass is 9.76. The number of ether oxygens (including phenoxy) is 2. The van der Waals surface area contributed by atoms with E-state index in [4.69, 9.17) is 21.1 Å². The Kier molecular flexibility index (Phi) is 13.1. The summed E-state index contributed by atoms with van der Waals surface area (Å²) in [6.07, 6.45) is 1.41. The Labute approximate surface area is 315 Å². The Morgan fingerprint density at radius 2 is 1.72 bits per heavy atom. The van der Waals surface area contributed by atoms with Crippen LogP contribution in [0.1, 0.15) is 64.0 Å². The van der Waals surface area contributed by atoms with E-state index < -0.39 is 57.5 Å². The quantitative estimate of drug-likeness (QED) is 0.119. The number of benzene rings is 3. The Bertz CT molecular complexity index is 1900. The molecule has 12 nitrogen and oxygen atoms in total. The lowest BCUT2D eigenvalue weighted by molar-refractivity contribution is -0.118. The molecule has 2 aliphatic heterocycles. The van der Waals surface area contributed by atoms with Crippen LogP contribution in [0.2, 0.25) is 5.02 Å². The number of hydrogen-bond acceptors (Lipinski definition) is 7. The molecule has 0 aliphatic carbocycles. The smallest absolute Gasteiger partial charge is 0.410 e. The number of aryl methyl sites for hydroxylation is 1. The van der Waals surface area contributed by atoms with Crippen LogP contribution in [0.4, 0.5) is 14.9 Å². The number of azide groups is 1. The zero-order valence-corrected chi connectivity index (χ0v) is 31.9. The third-order valence-electron chi connectivity index (χ3n) is 9.59. The number of halogens is 2. The maximum absolute atomic E-state index is 14.1. The van der Waals surface area contributed by atoms with Gasteiger partial charge in [-0.05, 0) is 118 Å². The molecule has 4 atom stereocenters. The number of carbonyl (C=O) groups is 2. The Balaban J connectivity index is 1.42. The highest BCUT2D eigenvalue weighted by atomic mass is 35.5. The Morgan fingerprint density at radius 1 is 1.06 bits per heavy atom. The molecule has 0 bridgehead atoms. The van der Waals surface area contributed by atoms with Gasteiger partial charge in [-0.1, -0.05) is 47.0 Å². The van der Waals surface area contributed by atoms with Crippen molar-refractivity contribution in [3.8, 4) is 0 Å². The number of anilines is 1. The zero-order valence-electron chi connectivity index (χ0n) is 30.3. The zero-order chi connectivity index (χ0) is 38.3. The van der Waals surface area contributed by atoms with Crippen LogP contribution in [0.15, 0.2) is 82.8 Å². The highest BCUT2D eigenvalue weighted by molar-refractivity contribution is 7.89. The fraction of sp³-hybridized carbons (Fsp3) is 0.474. The van der Waals surface area contributed by atoms with Crippen molar-refractivity contribution in [1.82, 2.24) is 9.21 Å². The Hall–Kier alpha value is -4.20. The first-order chi connectivity index (χ1) is 25.2. The number of hydrogen-bond donors (Lipinski definition) is 1. The average molecular weight is 769 g/mol. The molecule has 3 aromatic carbocycles. The SMILES string of the molecule is C[C@@H]1CN(C(=O)OC(C)(C)C)C[C@H](CCc2ccccc2NC(=O)[C@@H](N=[N+]=[N-])[C@@H](c2ccc(Cl)cc2)C2CCOCC2)N1S(=O)(=O)c1ccc(F)cc1. The van der Waals surface area contributed by atoms with Crippen LogP contribution in [0.25, 0.3) is 10.4 Å². The van der Waals surface area contributed by atoms with Crippen LogP contribution in [0.5, 0.6) is 0 Å². The third-order valence-corrected chi connectivity index (χ3v) is 11.9. The van der Waals surface area contributed by atoms with Crippen LogP contribution in [-0.2, 0) is 30.7 Å². The predicted molar refractivity (Wildman–Crippen MR) is 201 cm³/mol.